The monoisotopic (exact) mass is 269 g/mol. The van der Waals surface area contributed by atoms with Crippen molar-refractivity contribution in [3.8, 4) is 0 Å². The normalized spacial score (nSPS) is 11.4. The first kappa shape index (κ1) is 12.7. The van der Waals surface area contributed by atoms with Gasteiger partial charge >= 0.3 is 0 Å². The van der Waals surface area contributed by atoms with Gasteiger partial charge in [-0.2, -0.15) is 5.10 Å². The predicted octanol–water partition coefficient (Wildman–Crippen LogP) is 2.33. The number of imidazole rings is 1. The molecule has 104 valence electrons. The quantitative estimate of drug-likeness (QED) is 0.776. The van der Waals surface area contributed by atoms with Gasteiger partial charge < -0.3 is 10.3 Å². The summed E-state index contributed by atoms with van der Waals surface area (Å²) >= 11 is 0. The summed E-state index contributed by atoms with van der Waals surface area (Å²) in [5.41, 5.74) is 12.7. The van der Waals surface area contributed by atoms with Crippen molar-refractivity contribution in [2.75, 3.05) is 5.73 Å². The zero-order valence-corrected chi connectivity index (χ0v) is 12.3. The lowest BCUT2D eigenvalue weighted by molar-refractivity contribution is 0.728. The van der Waals surface area contributed by atoms with E-state index in [-0.39, 0.29) is 0 Å². The molecule has 2 aromatic heterocycles. The molecule has 0 spiro atoms. The van der Waals surface area contributed by atoms with E-state index < -0.39 is 0 Å². The molecule has 0 aliphatic rings. The molecule has 1 aromatic carbocycles. The molecule has 0 aliphatic heterocycles. The number of nitrogens with two attached hydrogens (primary N) is 1. The fourth-order valence-electron chi connectivity index (χ4n) is 2.68. The van der Waals surface area contributed by atoms with Crippen molar-refractivity contribution >= 4 is 17.0 Å². The Morgan fingerprint density at radius 1 is 1.20 bits per heavy atom. The van der Waals surface area contributed by atoms with Crippen molar-refractivity contribution in [1.29, 1.82) is 0 Å². The summed E-state index contributed by atoms with van der Waals surface area (Å²) in [5.74, 6) is 0.553. The minimum absolute atomic E-state index is 0.553. The largest absolute Gasteiger partial charge is 0.369 e. The molecule has 3 aromatic rings. The van der Waals surface area contributed by atoms with Crippen LogP contribution in [0, 0.1) is 20.8 Å². The first-order valence-electron chi connectivity index (χ1n) is 6.69. The number of hydrogen-bond donors (Lipinski definition) is 1. The van der Waals surface area contributed by atoms with Crippen molar-refractivity contribution in [3.63, 3.8) is 0 Å². The van der Waals surface area contributed by atoms with Gasteiger partial charge in [0.1, 0.15) is 0 Å². The van der Waals surface area contributed by atoms with Gasteiger partial charge in [0, 0.05) is 18.3 Å². The van der Waals surface area contributed by atoms with Crippen LogP contribution in [0.15, 0.2) is 18.2 Å². The highest BCUT2D eigenvalue weighted by molar-refractivity contribution is 5.81. The maximum Gasteiger partial charge on any atom is 0.201 e. The lowest BCUT2D eigenvalue weighted by Crippen LogP contribution is -2.06. The third-order valence-electron chi connectivity index (χ3n) is 3.99. The van der Waals surface area contributed by atoms with Gasteiger partial charge in [-0.3, -0.25) is 4.68 Å². The second-order valence-corrected chi connectivity index (χ2v) is 5.27. The van der Waals surface area contributed by atoms with Gasteiger partial charge in [-0.05, 0) is 32.4 Å². The van der Waals surface area contributed by atoms with E-state index in [1.165, 1.54) is 5.56 Å². The van der Waals surface area contributed by atoms with E-state index in [1.807, 2.05) is 24.7 Å². The third kappa shape index (κ3) is 1.78. The van der Waals surface area contributed by atoms with Gasteiger partial charge in [-0.25, -0.2) is 4.98 Å². The van der Waals surface area contributed by atoms with Gasteiger partial charge in [0.05, 0.1) is 23.3 Å². The van der Waals surface area contributed by atoms with E-state index in [0.717, 1.165) is 28.0 Å². The Bertz CT molecular complexity index is 794. The van der Waals surface area contributed by atoms with Gasteiger partial charge in [-0.1, -0.05) is 12.1 Å². The van der Waals surface area contributed by atoms with Crippen LogP contribution in [0.2, 0.25) is 0 Å². The van der Waals surface area contributed by atoms with Crippen molar-refractivity contribution in [2.24, 2.45) is 7.05 Å². The minimum Gasteiger partial charge on any atom is -0.369 e. The molecule has 2 N–H and O–H groups in total. The van der Waals surface area contributed by atoms with Gasteiger partial charge in [0.25, 0.3) is 0 Å². The molecule has 0 fully saturated rings. The number of aryl methyl sites for hydroxylation is 3. The number of hydrogen-bond acceptors (Lipinski definition) is 3. The maximum absolute atomic E-state index is 6.10. The topological polar surface area (TPSA) is 61.7 Å². The van der Waals surface area contributed by atoms with Crippen LogP contribution in [0.3, 0.4) is 0 Å². The van der Waals surface area contributed by atoms with E-state index in [4.69, 9.17) is 5.73 Å². The van der Waals surface area contributed by atoms with E-state index in [1.54, 1.807) is 0 Å². The molecule has 0 amide bonds. The number of rotatable bonds is 2. The molecule has 0 aliphatic carbocycles. The summed E-state index contributed by atoms with van der Waals surface area (Å²) in [7, 11) is 1.96. The van der Waals surface area contributed by atoms with Crippen LogP contribution >= 0.6 is 0 Å². The van der Waals surface area contributed by atoms with Crippen molar-refractivity contribution in [1.82, 2.24) is 19.3 Å². The Balaban J connectivity index is 2.16. The van der Waals surface area contributed by atoms with E-state index >= 15 is 0 Å². The Morgan fingerprint density at radius 3 is 2.60 bits per heavy atom. The Kier molecular flexibility index (Phi) is 2.78. The Morgan fingerprint density at radius 2 is 1.95 bits per heavy atom. The van der Waals surface area contributed by atoms with Crippen LogP contribution < -0.4 is 5.73 Å². The number of anilines is 1. The molecule has 0 bridgehead atoms. The number of para-hydroxylation sites is 1. The average Bonchev–Trinajstić information content (AvgIpc) is 2.84. The molecule has 0 radical (unpaired) electrons. The fraction of sp³-hybridized carbons (Fsp3) is 0.333. The number of nitrogen functional groups attached to an aromatic ring is 1. The van der Waals surface area contributed by atoms with Crippen molar-refractivity contribution < 1.29 is 0 Å². The van der Waals surface area contributed by atoms with Crippen LogP contribution in [-0.4, -0.2) is 19.3 Å². The second kappa shape index (κ2) is 4.37. The van der Waals surface area contributed by atoms with E-state index in [9.17, 15) is 0 Å². The maximum atomic E-state index is 6.10. The predicted molar refractivity (Wildman–Crippen MR) is 80.7 cm³/mol. The lowest BCUT2D eigenvalue weighted by atomic mass is 10.2. The number of fused-ring (bicyclic) bond motifs is 1. The molecule has 2 heterocycles. The van der Waals surface area contributed by atoms with Crippen molar-refractivity contribution in [2.45, 2.75) is 27.3 Å². The minimum atomic E-state index is 0.553. The Hall–Kier alpha value is -2.30. The highest BCUT2D eigenvalue weighted by Gasteiger charge is 2.14. The van der Waals surface area contributed by atoms with Crippen LogP contribution in [0.5, 0.6) is 0 Å². The fourth-order valence-corrected chi connectivity index (χ4v) is 2.68. The number of nitrogens with zero attached hydrogens (tertiary/aromatic N) is 4. The zero-order chi connectivity index (χ0) is 14.4. The molecule has 0 atom stereocenters. The zero-order valence-electron chi connectivity index (χ0n) is 12.3. The molecule has 0 unspecified atom stereocenters. The molecule has 20 heavy (non-hydrogen) atoms. The van der Waals surface area contributed by atoms with Crippen LogP contribution in [0.4, 0.5) is 5.95 Å². The molecule has 5 nitrogen and oxygen atoms in total. The van der Waals surface area contributed by atoms with Crippen LogP contribution in [-0.2, 0) is 13.6 Å². The van der Waals surface area contributed by atoms with Crippen LogP contribution in [0.25, 0.3) is 11.0 Å². The molecular formula is C15H19N5. The summed E-state index contributed by atoms with van der Waals surface area (Å²) in [6.45, 7) is 6.87. The van der Waals surface area contributed by atoms with Crippen molar-refractivity contribution in [3.05, 3.63) is 40.7 Å². The summed E-state index contributed by atoms with van der Waals surface area (Å²) in [4.78, 5) is 4.49. The van der Waals surface area contributed by atoms with E-state index in [2.05, 4.69) is 40.6 Å². The van der Waals surface area contributed by atoms with E-state index in [0.29, 0.717) is 12.5 Å². The first-order chi connectivity index (χ1) is 9.49. The summed E-state index contributed by atoms with van der Waals surface area (Å²) < 4.78 is 3.96. The average molecular weight is 269 g/mol. The summed E-state index contributed by atoms with van der Waals surface area (Å²) in [6, 6.07) is 6.16. The SMILES string of the molecule is Cc1nn(C)c(C)c1Cn1c(N)nc2c(C)cccc21. The smallest absolute Gasteiger partial charge is 0.201 e. The Labute approximate surface area is 118 Å². The van der Waals surface area contributed by atoms with Gasteiger partial charge in [0.2, 0.25) is 5.95 Å². The standard InChI is InChI=1S/C15H19N5/c1-9-6-5-7-13-14(9)17-15(16)20(13)8-12-10(2)18-19(4)11(12)3/h5-7H,8H2,1-4H3,(H2,16,17). The number of aromatic nitrogens is 4. The van der Waals surface area contributed by atoms with Gasteiger partial charge in [0.15, 0.2) is 0 Å². The van der Waals surface area contributed by atoms with Crippen LogP contribution in [0.1, 0.15) is 22.5 Å². The summed E-state index contributed by atoms with van der Waals surface area (Å²) in [5, 5.41) is 4.46. The molecular weight excluding hydrogens is 250 g/mol. The van der Waals surface area contributed by atoms with Gasteiger partial charge in [-0.15, -0.1) is 0 Å². The summed E-state index contributed by atoms with van der Waals surface area (Å²) in [6.07, 6.45) is 0. The molecule has 0 saturated heterocycles. The molecule has 0 saturated carbocycles. The second-order valence-electron chi connectivity index (χ2n) is 5.27. The molecule has 3 rings (SSSR count). The molecule has 5 heteroatoms. The first-order valence-corrected chi connectivity index (χ1v) is 6.69. The third-order valence-corrected chi connectivity index (χ3v) is 3.99. The lowest BCUT2D eigenvalue weighted by Gasteiger charge is -2.07. The highest BCUT2D eigenvalue weighted by atomic mass is 15.3. The number of benzene rings is 1. The highest BCUT2D eigenvalue weighted by Crippen LogP contribution is 2.23.